The maximum absolute atomic E-state index is 13.6. The number of halogens is 2. The molecule has 0 aliphatic heterocycles. The van der Waals surface area contributed by atoms with Gasteiger partial charge in [0.05, 0.1) is 6.54 Å². The van der Waals surface area contributed by atoms with Crippen LogP contribution in [-0.2, 0) is 15.5 Å². The van der Waals surface area contributed by atoms with E-state index in [4.69, 9.17) is 11.2 Å². The van der Waals surface area contributed by atoms with Crippen LogP contribution < -0.4 is 5.32 Å². The number of terminal acetylenes is 1. The molecule has 0 saturated carbocycles. The summed E-state index contributed by atoms with van der Waals surface area (Å²) in [5.41, 5.74) is -0.394. The van der Waals surface area contributed by atoms with E-state index < -0.39 is 24.1 Å². The van der Waals surface area contributed by atoms with Gasteiger partial charge in [0.15, 0.2) is 0 Å². The molecule has 0 atom stereocenters. The second-order valence-electron chi connectivity index (χ2n) is 3.39. The molecule has 1 aromatic heterocycles. The molecule has 1 aromatic rings. The molecule has 1 N–H and O–H groups in total. The van der Waals surface area contributed by atoms with Crippen LogP contribution in [0, 0.1) is 12.3 Å². The number of hydrogen-bond donors (Lipinski definition) is 1. The Hall–Kier alpha value is -2.00. The Balaban J connectivity index is 2.43. The van der Waals surface area contributed by atoms with Crippen LogP contribution in [0.1, 0.15) is 5.69 Å². The third kappa shape index (κ3) is 4.47. The number of amides is 1. The normalized spacial score (nSPS) is 10.7. The number of aromatic nitrogens is 1. The summed E-state index contributed by atoms with van der Waals surface area (Å²) in [6.45, 7) is -1.21. The average molecular weight is 254 g/mol. The van der Waals surface area contributed by atoms with Crippen molar-refractivity contribution in [3.8, 4) is 12.3 Å². The summed E-state index contributed by atoms with van der Waals surface area (Å²) in [7, 11) is 0. The third-order valence-electron chi connectivity index (χ3n) is 1.97. The smallest absolute Gasteiger partial charge is 0.306 e. The van der Waals surface area contributed by atoms with E-state index in [2.05, 4.69) is 16.2 Å². The predicted molar refractivity (Wildman–Crippen MR) is 60.8 cm³/mol. The second-order valence-corrected chi connectivity index (χ2v) is 3.39. The number of carbonyl (C=O) groups excluding carboxylic acids is 1. The number of alkyl halides is 2. The average Bonchev–Trinajstić information content (AvgIpc) is 2.38. The lowest BCUT2D eigenvalue weighted by atomic mass is 10.2. The lowest BCUT2D eigenvalue weighted by molar-refractivity contribution is -0.127. The minimum atomic E-state index is -3.22. The van der Waals surface area contributed by atoms with Crippen LogP contribution in [0.15, 0.2) is 24.4 Å². The van der Waals surface area contributed by atoms with Crippen molar-refractivity contribution in [2.75, 3.05) is 19.8 Å². The van der Waals surface area contributed by atoms with E-state index >= 15 is 0 Å². The van der Waals surface area contributed by atoms with Gasteiger partial charge in [0.25, 0.3) is 0 Å². The molecule has 0 fully saturated rings. The molecule has 0 saturated heterocycles. The Morgan fingerprint density at radius 3 is 2.94 bits per heavy atom. The molecule has 1 amide bonds. The Bertz CT molecular complexity index is 429. The monoisotopic (exact) mass is 254 g/mol. The minimum Gasteiger partial charge on any atom is -0.359 e. The van der Waals surface area contributed by atoms with Crippen molar-refractivity contribution in [3.05, 3.63) is 30.1 Å². The van der Waals surface area contributed by atoms with Gasteiger partial charge in [-0.2, -0.15) is 8.78 Å². The molecule has 96 valence electrons. The van der Waals surface area contributed by atoms with Crippen molar-refractivity contribution >= 4 is 5.91 Å². The topological polar surface area (TPSA) is 51.2 Å². The number of nitrogens with zero attached hydrogens (tertiary/aromatic N) is 1. The van der Waals surface area contributed by atoms with Gasteiger partial charge in [-0.3, -0.25) is 9.78 Å². The van der Waals surface area contributed by atoms with Crippen molar-refractivity contribution in [2.24, 2.45) is 0 Å². The van der Waals surface area contributed by atoms with E-state index in [1.54, 1.807) is 0 Å². The molecule has 0 radical (unpaired) electrons. The molecule has 6 heteroatoms. The fourth-order valence-electron chi connectivity index (χ4n) is 1.13. The largest absolute Gasteiger partial charge is 0.359 e. The maximum atomic E-state index is 13.6. The highest BCUT2D eigenvalue weighted by Crippen LogP contribution is 2.24. The second kappa shape index (κ2) is 6.67. The SMILES string of the molecule is C#CCOCC(=O)NCC(F)(F)c1ccccn1. The zero-order chi connectivity index (χ0) is 13.4. The highest BCUT2D eigenvalue weighted by molar-refractivity contribution is 5.77. The molecule has 0 unspecified atom stereocenters. The van der Waals surface area contributed by atoms with Crippen molar-refractivity contribution in [1.29, 1.82) is 0 Å². The van der Waals surface area contributed by atoms with Gasteiger partial charge in [0.1, 0.15) is 18.9 Å². The number of rotatable bonds is 6. The first-order valence-corrected chi connectivity index (χ1v) is 5.13. The first-order valence-electron chi connectivity index (χ1n) is 5.13. The summed E-state index contributed by atoms with van der Waals surface area (Å²) < 4.78 is 31.8. The van der Waals surface area contributed by atoms with Crippen LogP contribution in [0.2, 0.25) is 0 Å². The molecular weight excluding hydrogens is 242 g/mol. The van der Waals surface area contributed by atoms with Gasteiger partial charge in [0, 0.05) is 6.20 Å². The summed E-state index contributed by atoms with van der Waals surface area (Å²) in [5, 5.41) is 2.06. The van der Waals surface area contributed by atoms with Crippen molar-refractivity contribution in [1.82, 2.24) is 10.3 Å². The summed E-state index contributed by atoms with van der Waals surface area (Å²) in [4.78, 5) is 14.7. The van der Waals surface area contributed by atoms with E-state index in [1.807, 2.05) is 0 Å². The molecule has 0 aliphatic carbocycles. The van der Waals surface area contributed by atoms with E-state index in [-0.39, 0.29) is 13.2 Å². The molecule has 18 heavy (non-hydrogen) atoms. The Morgan fingerprint density at radius 1 is 1.56 bits per heavy atom. The molecule has 1 rings (SSSR count). The van der Waals surface area contributed by atoms with Gasteiger partial charge in [-0.1, -0.05) is 12.0 Å². The van der Waals surface area contributed by atoms with Crippen LogP contribution in [0.5, 0.6) is 0 Å². The highest BCUT2D eigenvalue weighted by atomic mass is 19.3. The molecular formula is C12H12F2N2O2. The maximum Gasteiger partial charge on any atom is 0.306 e. The molecule has 4 nitrogen and oxygen atoms in total. The Labute approximate surface area is 103 Å². The zero-order valence-corrected chi connectivity index (χ0v) is 9.53. The number of pyridine rings is 1. The lowest BCUT2D eigenvalue weighted by Gasteiger charge is -2.16. The third-order valence-corrected chi connectivity index (χ3v) is 1.97. The first kappa shape index (κ1) is 14.1. The summed E-state index contributed by atoms with van der Waals surface area (Å²) in [6, 6.07) is 4.18. The number of ether oxygens (including phenoxy) is 1. The van der Waals surface area contributed by atoms with E-state index in [1.165, 1.54) is 24.4 Å². The van der Waals surface area contributed by atoms with Gasteiger partial charge in [-0.05, 0) is 12.1 Å². The Kier molecular flexibility index (Phi) is 5.21. The Morgan fingerprint density at radius 2 is 2.33 bits per heavy atom. The number of carbonyl (C=O) groups is 1. The molecule has 1 heterocycles. The van der Waals surface area contributed by atoms with Gasteiger partial charge < -0.3 is 10.1 Å². The number of nitrogens with one attached hydrogen (secondary N) is 1. The number of hydrogen-bond acceptors (Lipinski definition) is 3. The van der Waals surface area contributed by atoms with E-state index in [9.17, 15) is 13.6 Å². The van der Waals surface area contributed by atoms with Crippen LogP contribution >= 0.6 is 0 Å². The first-order chi connectivity index (χ1) is 8.56. The van der Waals surface area contributed by atoms with Gasteiger partial charge in [-0.25, -0.2) is 0 Å². The summed E-state index contributed by atoms with van der Waals surface area (Å²) in [5.74, 6) is -1.71. The molecule has 0 bridgehead atoms. The van der Waals surface area contributed by atoms with E-state index in [0.717, 1.165) is 0 Å². The quantitative estimate of drug-likeness (QED) is 0.607. The highest BCUT2D eigenvalue weighted by Gasteiger charge is 2.33. The van der Waals surface area contributed by atoms with Crippen LogP contribution in [0.25, 0.3) is 0 Å². The van der Waals surface area contributed by atoms with E-state index in [0.29, 0.717) is 0 Å². The van der Waals surface area contributed by atoms with Crippen LogP contribution in [-0.4, -0.2) is 30.6 Å². The fourth-order valence-corrected chi connectivity index (χ4v) is 1.13. The van der Waals surface area contributed by atoms with Crippen LogP contribution in [0.4, 0.5) is 8.78 Å². The van der Waals surface area contributed by atoms with Crippen molar-refractivity contribution in [2.45, 2.75) is 5.92 Å². The van der Waals surface area contributed by atoms with Gasteiger partial charge in [-0.15, -0.1) is 6.42 Å². The molecule has 0 spiro atoms. The minimum absolute atomic E-state index is 0.0376. The zero-order valence-electron chi connectivity index (χ0n) is 9.53. The van der Waals surface area contributed by atoms with Crippen molar-refractivity contribution < 1.29 is 18.3 Å². The molecule has 0 aliphatic rings. The van der Waals surface area contributed by atoms with Gasteiger partial charge >= 0.3 is 5.92 Å². The summed E-state index contributed by atoms with van der Waals surface area (Å²) >= 11 is 0. The summed E-state index contributed by atoms with van der Waals surface area (Å²) in [6.07, 6.45) is 6.16. The van der Waals surface area contributed by atoms with Crippen molar-refractivity contribution in [3.63, 3.8) is 0 Å². The lowest BCUT2D eigenvalue weighted by Crippen LogP contribution is -2.37. The molecule has 0 aromatic carbocycles. The van der Waals surface area contributed by atoms with Crippen LogP contribution in [0.3, 0.4) is 0 Å². The van der Waals surface area contributed by atoms with Gasteiger partial charge in [0.2, 0.25) is 5.91 Å². The standard InChI is InChI=1S/C12H12F2N2O2/c1-2-7-18-8-11(17)16-9-12(13,14)10-5-3-4-6-15-10/h1,3-6H,7-9H2,(H,16,17). The fraction of sp³-hybridized carbons (Fsp3) is 0.333. The predicted octanol–water partition coefficient (Wildman–Crippen LogP) is 0.939.